The minimum absolute atomic E-state index is 0.115. The first kappa shape index (κ1) is 10.3. The Kier molecular flexibility index (Phi) is 2.03. The van der Waals surface area contributed by atoms with Gasteiger partial charge in [-0.25, -0.2) is 14.3 Å². The van der Waals surface area contributed by atoms with Gasteiger partial charge in [-0.3, -0.25) is 10.4 Å². The van der Waals surface area contributed by atoms with E-state index in [4.69, 9.17) is 5.41 Å². The predicted octanol–water partition coefficient (Wildman–Crippen LogP) is -1.52. The predicted molar refractivity (Wildman–Crippen MR) is 60.7 cm³/mol. The molecule has 8 heteroatoms. The minimum Gasteiger partial charge on any atom is -0.493 e. The molecular weight excluding hydrogens is 236 g/mol. The third kappa shape index (κ3) is 1.56. The molecule has 0 radical (unpaired) electrons. The van der Waals surface area contributed by atoms with Crippen molar-refractivity contribution < 1.29 is 5.11 Å². The van der Waals surface area contributed by atoms with E-state index < -0.39 is 5.69 Å². The van der Waals surface area contributed by atoms with E-state index in [0.29, 0.717) is 10.9 Å². The summed E-state index contributed by atoms with van der Waals surface area (Å²) in [5, 5.41) is 21.6. The second-order valence-corrected chi connectivity index (χ2v) is 3.67. The number of hydrogen-bond donors (Lipinski definition) is 4. The minimum atomic E-state index is -0.496. The van der Waals surface area contributed by atoms with Gasteiger partial charge in [-0.2, -0.15) is 5.10 Å². The van der Waals surface area contributed by atoms with Gasteiger partial charge < -0.3 is 10.1 Å². The molecule has 3 aromatic rings. The van der Waals surface area contributed by atoms with Crippen molar-refractivity contribution >= 4 is 11.7 Å². The van der Waals surface area contributed by atoms with E-state index >= 15 is 0 Å². The molecule has 0 aliphatic heterocycles. The smallest absolute Gasteiger partial charge is 0.326 e. The van der Waals surface area contributed by atoms with Crippen LogP contribution in [0.15, 0.2) is 23.3 Å². The summed E-state index contributed by atoms with van der Waals surface area (Å²) in [6, 6.07) is 1.51. The van der Waals surface area contributed by atoms with Gasteiger partial charge in [0.05, 0.1) is 6.20 Å². The first-order valence-electron chi connectivity index (χ1n) is 5.05. The van der Waals surface area contributed by atoms with Crippen molar-refractivity contribution in [1.29, 1.82) is 5.41 Å². The zero-order valence-corrected chi connectivity index (χ0v) is 9.01. The summed E-state index contributed by atoms with van der Waals surface area (Å²) < 4.78 is 1.51. The Hall–Kier alpha value is -2.90. The van der Waals surface area contributed by atoms with Gasteiger partial charge in [0.1, 0.15) is 11.2 Å². The number of H-pyrrole nitrogens is 2. The molecule has 0 atom stereocenters. The van der Waals surface area contributed by atoms with Gasteiger partial charge >= 0.3 is 5.69 Å². The molecule has 0 saturated carbocycles. The topological polar surface area (TPSA) is 123 Å². The van der Waals surface area contributed by atoms with Gasteiger partial charge in [0.2, 0.25) is 5.88 Å². The van der Waals surface area contributed by atoms with Crippen LogP contribution in [0.3, 0.4) is 0 Å². The van der Waals surface area contributed by atoms with Gasteiger partial charge in [0.15, 0.2) is 5.65 Å². The molecule has 0 amide bonds. The molecule has 0 spiro atoms. The second-order valence-electron chi connectivity index (χ2n) is 3.67. The van der Waals surface area contributed by atoms with Gasteiger partial charge in [0.25, 0.3) is 0 Å². The van der Waals surface area contributed by atoms with Crippen molar-refractivity contribution in [3.05, 3.63) is 45.3 Å². The molecule has 90 valence electrons. The van der Waals surface area contributed by atoms with Crippen LogP contribution >= 0.6 is 0 Å². The first-order valence-corrected chi connectivity index (χ1v) is 5.05. The van der Waals surface area contributed by atoms with Crippen LogP contribution < -0.4 is 16.4 Å². The molecule has 0 aliphatic carbocycles. The SMILES string of the molecule is N=c1ccn2nc/c(=C/c3[nH]c(=O)[nH]c3O)c2n1. The second kappa shape index (κ2) is 3.55. The van der Waals surface area contributed by atoms with Crippen molar-refractivity contribution in [3.63, 3.8) is 0 Å². The van der Waals surface area contributed by atoms with Crippen LogP contribution in [0.2, 0.25) is 0 Å². The van der Waals surface area contributed by atoms with Crippen LogP contribution in [0.4, 0.5) is 0 Å². The Morgan fingerprint density at radius 1 is 1.44 bits per heavy atom. The van der Waals surface area contributed by atoms with E-state index in [9.17, 15) is 9.90 Å². The van der Waals surface area contributed by atoms with Gasteiger partial charge in [-0.1, -0.05) is 0 Å². The molecule has 0 bridgehead atoms. The zero-order valence-electron chi connectivity index (χ0n) is 9.01. The lowest BCUT2D eigenvalue weighted by Gasteiger charge is -1.90. The highest BCUT2D eigenvalue weighted by atomic mass is 16.3. The molecule has 0 fully saturated rings. The fraction of sp³-hybridized carbons (Fsp3) is 0. The number of aromatic hydroxyl groups is 1. The maximum absolute atomic E-state index is 11.0. The fourth-order valence-electron chi connectivity index (χ4n) is 1.64. The van der Waals surface area contributed by atoms with Crippen LogP contribution in [0, 0.1) is 5.41 Å². The molecule has 8 nitrogen and oxygen atoms in total. The highest BCUT2D eigenvalue weighted by Crippen LogP contribution is 2.07. The number of fused-ring (bicyclic) bond motifs is 1. The van der Waals surface area contributed by atoms with Crippen molar-refractivity contribution in [1.82, 2.24) is 24.6 Å². The third-order valence-corrected chi connectivity index (χ3v) is 2.43. The van der Waals surface area contributed by atoms with Gasteiger partial charge in [0, 0.05) is 17.5 Å². The average Bonchev–Trinajstić information content (AvgIpc) is 2.84. The molecule has 4 N–H and O–H groups in total. The monoisotopic (exact) mass is 244 g/mol. The average molecular weight is 244 g/mol. The van der Waals surface area contributed by atoms with E-state index in [1.807, 2.05) is 0 Å². The van der Waals surface area contributed by atoms with E-state index in [2.05, 4.69) is 20.1 Å². The summed E-state index contributed by atoms with van der Waals surface area (Å²) in [5.41, 5.74) is 0.338. The molecule has 0 aromatic carbocycles. The Morgan fingerprint density at radius 3 is 3.00 bits per heavy atom. The maximum atomic E-state index is 11.0. The Balaban J connectivity index is 2.32. The molecule has 0 saturated heterocycles. The number of aromatic nitrogens is 5. The molecule has 0 aliphatic rings. The van der Waals surface area contributed by atoms with Crippen molar-refractivity contribution in [3.8, 4) is 5.88 Å². The quantitative estimate of drug-likeness (QED) is 0.415. The summed E-state index contributed by atoms with van der Waals surface area (Å²) in [6.45, 7) is 0. The largest absolute Gasteiger partial charge is 0.493 e. The number of rotatable bonds is 1. The first-order chi connectivity index (χ1) is 8.63. The highest BCUT2D eigenvalue weighted by molar-refractivity contribution is 5.56. The molecular formula is C10H8N6O2. The van der Waals surface area contributed by atoms with Crippen molar-refractivity contribution in [2.45, 2.75) is 0 Å². The number of hydrogen-bond acceptors (Lipinski definition) is 5. The molecule has 18 heavy (non-hydrogen) atoms. The van der Waals surface area contributed by atoms with E-state index in [1.54, 1.807) is 6.20 Å². The van der Waals surface area contributed by atoms with E-state index in [-0.39, 0.29) is 17.1 Å². The lowest BCUT2D eigenvalue weighted by Crippen LogP contribution is -2.11. The lowest BCUT2D eigenvalue weighted by molar-refractivity contribution is 0.454. The van der Waals surface area contributed by atoms with Gasteiger partial charge in [-0.05, 0) is 6.08 Å². The lowest BCUT2D eigenvalue weighted by atomic mass is 10.3. The summed E-state index contributed by atoms with van der Waals surface area (Å²) in [6.07, 6.45) is 4.68. The van der Waals surface area contributed by atoms with E-state index in [1.165, 1.54) is 22.9 Å². The van der Waals surface area contributed by atoms with Crippen LogP contribution in [-0.2, 0) is 0 Å². The molecule has 0 unspecified atom stereocenters. The maximum Gasteiger partial charge on any atom is 0.326 e. The highest BCUT2D eigenvalue weighted by Gasteiger charge is 2.04. The molecule has 3 aromatic heterocycles. The third-order valence-electron chi connectivity index (χ3n) is 2.43. The summed E-state index contributed by atoms with van der Waals surface area (Å²) in [7, 11) is 0. The Morgan fingerprint density at radius 2 is 2.28 bits per heavy atom. The van der Waals surface area contributed by atoms with Crippen LogP contribution in [0.25, 0.3) is 11.7 Å². The van der Waals surface area contributed by atoms with Gasteiger partial charge in [-0.15, -0.1) is 0 Å². The van der Waals surface area contributed by atoms with E-state index in [0.717, 1.165) is 0 Å². The Labute approximate surface area is 98.8 Å². The fourth-order valence-corrected chi connectivity index (χ4v) is 1.64. The zero-order chi connectivity index (χ0) is 12.7. The standard InChI is InChI=1S/C10H8N6O2/c11-7-1-2-16-8(14-7)5(4-12-16)3-6-9(17)15-10(18)13-6/h1-4,11,17H,(H2,13,15,18)/b5-3-,11-7?. The summed E-state index contributed by atoms with van der Waals surface area (Å²) in [4.78, 5) is 19.7. The number of aromatic amines is 2. The van der Waals surface area contributed by atoms with Crippen LogP contribution in [-0.4, -0.2) is 29.7 Å². The summed E-state index contributed by atoms with van der Waals surface area (Å²) >= 11 is 0. The number of nitrogens with zero attached hydrogens (tertiary/aromatic N) is 3. The Bertz CT molecular complexity index is 887. The normalized spacial score (nSPS) is 12.3. The van der Waals surface area contributed by atoms with Crippen molar-refractivity contribution in [2.75, 3.05) is 0 Å². The van der Waals surface area contributed by atoms with Crippen LogP contribution in [0.5, 0.6) is 5.88 Å². The summed E-state index contributed by atoms with van der Waals surface area (Å²) in [5.74, 6) is -0.249. The molecule has 3 heterocycles. The number of nitrogens with one attached hydrogen (secondary N) is 3. The van der Waals surface area contributed by atoms with Crippen molar-refractivity contribution in [2.24, 2.45) is 0 Å². The molecule has 3 rings (SSSR count). The van der Waals surface area contributed by atoms with Crippen LogP contribution in [0.1, 0.15) is 5.69 Å². The number of imidazole rings is 1.